The van der Waals surface area contributed by atoms with Crippen LogP contribution in [0.2, 0.25) is 0 Å². The van der Waals surface area contributed by atoms with Gasteiger partial charge in [0, 0.05) is 34.1 Å². The van der Waals surface area contributed by atoms with Crippen LogP contribution in [0.25, 0.3) is 0 Å². The van der Waals surface area contributed by atoms with Gasteiger partial charge in [-0.05, 0) is 72.6 Å². The molecule has 0 N–H and O–H groups in total. The number of carbonyl (C=O) groups is 1. The fraction of sp³-hybridized carbons (Fsp3) is 0.346. The van der Waals surface area contributed by atoms with Gasteiger partial charge in [-0.1, -0.05) is 52.4 Å². The molecule has 2 nitrogen and oxygen atoms in total. The van der Waals surface area contributed by atoms with Gasteiger partial charge in [-0.2, -0.15) is 0 Å². The van der Waals surface area contributed by atoms with Crippen LogP contribution in [0.1, 0.15) is 64.7 Å². The van der Waals surface area contributed by atoms with E-state index >= 15 is 0 Å². The molecule has 0 saturated carbocycles. The summed E-state index contributed by atoms with van der Waals surface area (Å²) < 4.78 is 1.15. The number of ketones is 1. The molecule has 0 unspecified atom stereocenters. The van der Waals surface area contributed by atoms with Crippen molar-refractivity contribution in [2.24, 2.45) is 11.8 Å². The van der Waals surface area contributed by atoms with Gasteiger partial charge in [0.15, 0.2) is 5.78 Å². The first-order valence-corrected chi connectivity index (χ1v) is 11.5. The van der Waals surface area contributed by atoms with Gasteiger partial charge in [0.25, 0.3) is 0 Å². The van der Waals surface area contributed by atoms with Crippen molar-refractivity contribution in [2.45, 2.75) is 37.6 Å². The number of hydrogen-bond donors (Lipinski definition) is 0. The van der Waals surface area contributed by atoms with E-state index < -0.39 is 0 Å². The molecule has 2 aromatic rings. The Morgan fingerprint density at radius 3 is 2.59 bits per heavy atom. The summed E-state index contributed by atoms with van der Waals surface area (Å²) in [5.41, 5.74) is 6.42. The third kappa shape index (κ3) is 2.56. The molecule has 2 aliphatic heterocycles. The third-order valence-electron chi connectivity index (χ3n) is 7.45. The second-order valence-corrected chi connectivity index (χ2v) is 9.93. The first-order chi connectivity index (χ1) is 14.1. The van der Waals surface area contributed by atoms with Gasteiger partial charge in [-0.3, -0.25) is 4.79 Å². The van der Waals surface area contributed by atoms with Crippen LogP contribution in [0.15, 0.2) is 65.2 Å². The molecule has 2 aliphatic carbocycles. The van der Waals surface area contributed by atoms with E-state index in [1.165, 1.54) is 22.4 Å². The van der Waals surface area contributed by atoms with Crippen LogP contribution >= 0.6 is 15.9 Å². The molecule has 2 aromatic carbocycles. The van der Waals surface area contributed by atoms with E-state index in [1.807, 2.05) is 0 Å². The van der Waals surface area contributed by atoms with Gasteiger partial charge in [0.05, 0.1) is 6.04 Å². The predicted molar refractivity (Wildman–Crippen MR) is 121 cm³/mol. The Hall–Kier alpha value is -2.13. The van der Waals surface area contributed by atoms with Crippen molar-refractivity contribution >= 4 is 27.4 Å². The molecule has 4 aliphatic rings. The van der Waals surface area contributed by atoms with Gasteiger partial charge in [-0.15, -0.1) is 0 Å². The van der Waals surface area contributed by atoms with Crippen molar-refractivity contribution in [2.75, 3.05) is 11.4 Å². The predicted octanol–water partition coefficient (Wildman–Crippen LogP) is 6.55. The lowest BCUT2D eigenvalue weighted by Crippen LogP contribution is -2.46. The molecule has 6 rings (SSSR count). The van der Waals surface area contributed by atoms with E-state index in [-0.39, 0.29) is 5.78 Å². The van der Waals surface area contributed by atoms with E-state index in [4.69, 9.17) is 0 Å². The number of fused-ring (bicyclic) bond motifs is 4. The maximum absolute atomic E-state index is 12.4. The van der Waals surface area contributed by atoms with Crippen LogP contribution in [0.4, 0.5) is 5.69 Å². The Bertz CT molecular complexity index is 1070. The van der Waals surface area contributed by atoms with Crippen LogP contribution in [-0.2, 0) is 0 Å². The number of benzene rings is 2. The van der Waals surface area contributed by atoms with Crippen molar-refractivity contribution in [1.82, 2.24) is 0 Å². The van der Waals surface area contributed by atoms with E-state index in [0.717, 1.165) is 29.4 Å². The first-order valence-electron chi connectivity index (χ1n) is 10.7. The van der Waals surface area contributed by atoms with E-state index in [1.54, 1.807) is 6.92 Å². The average Bonchev–Trinajstić information content (AvgIpc) is 3.37. The lowest BCUT2D eigenvalue weighted by Gasteiger charge is -2.51. The quantitative estimate of drug-likeness (QED) is 0.385. The van der Waals surface area contributed by atoms with Gasteiger partial charge < -0.3 is 4.90 Å². The maximum Gasteiger partial charge on any atom is 0.159 e. The molecule has 0 bridgehead atoms. The summed E-state index contributed by atoms with van der Waals surface area (Å²) >= 11 is 3.69. The number of allylic oxidation sites excluding steroid dienone is 4. The molecular weight excluding hydrogens is 422 g/mol. The topological polar surface area (TPSA) is 20.3 Å². The lowest BCUT2D eigenvalue weighted by atomic mass is 9.70. The Kier molecular flexibility index (Phi) is 3.93. The second kappa shape index (κ2) is 6.43. The summed E-state index contributed by atoms with van der Waals surface area (Å²) in [5.74, 6) is 2.15. The number of carbonyl (C=O) groups excluding carboxylic acids is 1. The van der Waals surface area contributed by atoms with Gasteiger partial charge in [0.1, 0.15) is 0 Å². The summed E-state index contributed by atoms with van der Waals surface area (Å²) in [6, 6.07) is 13.6. The highest BCUT2D eigenvalue weighted by molar-refractivity contribution is 9.10. The Morgan fingerprint density at radius 2 is 1.79 bits per heavy atom. The SMILES string of the molecule is CC(=O)c1cc2c3c(c1)[C@@H]1C=CC[C@@H]1[C@H](c1cccc(Br)c1)N3C[C@H]1CC=C[C@@H]21. The van der Waals surface area contributed by atoms with E-state index in [9.17, 15) is 4.79 Å². The highest BCUT2D eigenvalue weighted by Crippen LogP contribution is 2.59. The monoisotopic (exact) mass is 445 g/mol. The largest absolute Gasteiger partial charge is 0.363 e. The fourth-order valence-corrected chi connectivity index (χ4v) is 6.67. The Labute approximate surface area is 180 Å². The smallest absolute Gasteiger partial charge is 0.159 e. The van der Waals surface area contributed by atoms with Crippen LogP contribution in [-0.4, -0.2) is 12.3 Å². The van der Waals surface area contributed by atoms with E-state index in [2.05, 4.69) is 81.5 Å². The zero-order valence-corrected chi connectivity index (χ0v) is 18.1. The van der Waals surface area contributed by atoms with Gasteiger partial charge in [0.2, 0.25) is 0 Å². The molecule has 29 heavy (non-hydrogen) atoms. The molecule has 0 saturated heterocycles. The molecule has 0 amide bonds. The summed E-state index contributed by atoms with van der Waals surface area (Å²) in [6.45, 7) is 2.80. The third-order valence-corrected chi connectivity index (χ3v) is 7.94. The minimum Gasteiger partial charge on any atom is -0.363 e. The molecule has 0 aromatic heterocycles. The lowest BCUT2D eigenvalue weighted by molar-refractivity contribution is 0.101. The van der Waals surface area contributed by atoms with Crippen LogP contribution in [0.3, 0.4) is 0 Å². The Balaban J connectivity index is 1.61. The van der Waals surface area contributed by atoms with E-state index in [0.29, 0.717) is 29.7 Å². The molecule has 146 valence electrons. The molecule has 5 atom stereocenters. The average molecular weight is 446 g/mol. The molecule has 0 fully saturated rings. The van der Waals surface area contributed by atoms with Crippen LogP contribution < -0.4 is 4.90 Å². The minimum atomic E-state index is 0.173. The number of Topliss-reactive ketones (excluding diaryl/α,β-unsaturated/α-hetero) is 1. The maximum atomic E-state index is 12.4. The van der Waals surface area contributed by atoms with Crippen LogP contribution in [0.5, 0.6) is 0 Å². The standard InChI is InChI=1S/C26H24BrNO/c1-15(29)18-12-23-20-8-3-6-17(20)14-28-25(16-5-2-7-19(27)11-16)22-10-4-9-21(22)24(13-18)26(23)28/h2-5,7-9,11-13,17,20-22,25H,6,10,14H2,1H3/t17-,20-,21-,22+,25+/m1/s1. The van der Waals surface area contributed by atoms with Gasteiger partial charge in [-0.25, -0.2) is 0 Å². The van der Waals surface area contributed by atoms with Gasteiger partial charge >= 0.3 is 0 Å². The van der Waals surface area contributed by atoms with Crippen molar-refractivity contribution in [3.8, 4) is 0 Å². The number of nitrogens with zero attached hydrogens (tertiary/aromatic N) is 1. The first kappa shape index (κ1) is 17.7. The molecule has 3 heteroatoms. The fourth-order valence-electron chi connectivity index (χ4n) is 6.25. The molecule has 0 radical (unpaired) electrons. The van der Waals surface area contributed by atoms with Crippen molar-refractivity contribution in [3.63, 3.8) is 0 Å². The summed E-state index contributed by atoms with van der Waals surface area (Å²) in [7, 11) is 0. The van der Waals surface area contributed by atoms with Crippen molar-refractivity contribution < 1.29 is 4.79 Å². The zero-order valence-electron chi connectivity index (χ0n) is 16.5. The normalized spacial score (nSPS) is 30.8. The number of halogens is 1. The molecule has 0 spiro atoms. The highest BCUT2D eigenvalue weighted by atomic mass is 79.9. The molecular formula is C26H24BrNO. The van der Waals surface area contributed by atoms with Crippen molar-refractivity contribution in [1.29, 1.82) is 0 Å². The summed E-state index contributed by atoms with van der Waals surface area (Å²) in [4.78, 5) is 15.0. The number of hydrogen-bond acceptors (Lipinski definition) is 2. The van der Waals surface area contributed by atoms with Crippen molar-refractivity contribution in [3.05, 3.63) is 87.4 Å². The summed E-state index contributed by atoms with van der Waals surface area (Å²) in [5, 5.41) is 0. The van der Waals surface area contributed by atoms with Crippen LogP contribution in [0, 0.1) is 11.8 Å². The minimum absolute atomic E-state index is 0.173. The summed E-state index contributed by atoms with van der Waals surface area (Å²) in [6.07, 6.45) is 11.7. The number of rotatable bonds is 2. The Morgan fingerprint density at radius 1 is 1.03 bits per heavy atom. The second-order valence-electron chi connectivity index (χ2n) is 9.01. The zero-order chi connectivity index (χ0) is 19.7. The number of anilines is 1. The highest BCUT2D eigenvalue weighted by Gasteiger charge is 2.47. The molecule has 2 heterocycles.